The predicted octanol–water partition coefficient (Wildman–Crippen LogP) is -0.406. The molecule has 2 rings (SSSR count). The summed E-state index contributed by atoms with van der Waals surface area (Å²) in [5.41, 5.74) is 0. The quantitative estimate of drug-likeness (QED) is 0.404. The van der Waals surface area contributed by atoms with E-state index in [4.69, 9.17) is 5.11 Å². The van der Waals surface area contributed by atoms with E-state index in [1.807, 2.05) is 0 Å². The van der Waals surface area contributed by atoms with Crippen LogP contribution >= 0.6 is 0 Å². The Bertz CT molecular complexity index is 466. The van der Waals surface area contributed by atoms with Gasteiger partial charge >= 0.3 is 5.97 Å². The molecule has 0 aliphatic carbocycles. The number of hydrogen-bond donors (Lipinski definition) is 5. The molecule has 0 bridgehead atoms. The van der Waals surface area contributed by atoms with E-state index in [0.717, 1.165) is 45.2 Å². The largest absolute Gasteiger partial charge is 0.481 e. The number of hydrogen-bond acceptors (Lipinski definition) is 5. The lowest BCUT2D eigenvalue weighted by Crippen LogP contribution is -2.56. The van der Waals surface area contributed by atoms with Crippen LogP contribution in [0.25, 0.3) is 0 Å². The molecule has 0 aromatic heterocycles. The molecule has 142 valence electrons. The monoisotopic (exact) mass is 354 g/mol. The second-order valence-electron chi connectivity index (χ2n) is 6.91. The minimum Gasteiger partial charge on any atom is -0.481 e. The van der Waals surface area contributed by atoms with E-state index in [1.165, 1.54) is 0 Å². The van der Waals surface area contributed by atoms with Crippen molar-refractivity contribution in [1.29, 1.82) is 0 Å². The maximum absolute atomic E-state index is 12.3. The SMILES string of the molecule is O=C(O)CCNC(=O)C1CCCC(C(=O)NCCC2CCNCC2)N1. The Balaban J connectivity index is 1.67. The lowest BCUT2D eigenvalue weighted by atomic mass is 9.94. The zero-order valence-corrected chi connectivity index (χ0v) is 14.7. The summed E-state index contributed by atoms with van der Waals surface area (Å²) in [5, 5.41) is 20.6. The van der Waals surface area contributed by atoms with Crippen molar-refractivity contribution in [3.8, 4) is 0 Å². The smallest absolute Gasteiger partial charge is 0.305 e. The number of carboxylic acids is 1. The summed E-state index contributed by atoms with van der Waals surface area (Å²) in [6.45, 7) is 2.90. The number of aliphatic carboxylic acids is 1. The van der Waals surface area contributed by atoms with E-state index in [2.05, 4.69) is 21.3 Å². The van der Waals surface area contributed by atoms with Crippen LogP contribution in [-0.4, -0.2) is 61.2 Å². The van der Waals surface area contributed by atoms with Crippen molar-refractivity contribution in [1.82, 2.24) is 21.3 Å². The van der Waals surface area contributed by atoms with Gasteiger partial charge in [0.2, 0.25) is 11.8 Å². The van der Waals surface area contributed by atoms with Crippen LogP contribution in [0.3, 0.4) is 0 Å². The maximum Gasteiger partial charge on any atom is 0.305 e. The molecule has 2 heterocycles. The summed E-state index contributed by atoms with van der Waals surface area (Å²) < 4.78 is 0. The van der Waals surface area contributed by atoms with Crippen molar-refractivity contribution in [2.24, 2.45) is 5.92 Å². The zero-order valence-electron chi connectivity index (χ0n) is 14.7. The first kappa shape index (κ1) is 19.7. The number of carbonyl (C=O) groups excluding carboxylic acids is 2. The Hall–Kier alpha value is -1.67. The molecule has 0 spiro atoms. The summed E-state index contributed by atoms with van der Waals surface area (Å²) in [5.74, 6) is -0.540. The number of piperidine rings is 2. The van der Waals surface area contributed by atoms with Crippen molar-refractivity contribution in [2.75, 3.05) is 26.2 Å². The maximum atomic E-state index is 12.3. The van der Waals surface area contributed by atoms with Crippen molar-refractivity contribution in [3.63, 3.8) is 0 Å². The van der Waals surface area contributed by atoms with Gasteiger partial charge in [-0.2, -0.15) is 0 Å². The second kappa shape index (κ2) is 10.4. The van der Waals surface area contributed by atoms with Gasteiger partial charge in [0, 0.05) is 13.1 Å². The van der Waals surface area contributed by atoms with Crippen molar-refractivity contribution in [3.05, 3.63) is 0 Å². The molecule has 0 aromatic rings. The van der Waals surface area contributed by atoms with Crippen LogP contribution in [0.1, 0.15) is 44.9 Å². The van der Waals surface area contributed by atoms with Crippen LogP contribution < -0.4 is 21.3 Å². The van der Waals surface area contributed by atoms with Crippen molar-refractivity contribution >= 4 is 17.8 Å². The average molecular weight is 354 g/mol. The molecule has 8 nitrogen and oxygen atoms in total. The fourth-order valence-electron chi connectivity index (χ4n) is 3.46. The number of nitrogens with one attached hydrogen (secondary N) is 4. The molecule has 8 heteroatoms. The van der Waals surface area contributed by atoms with Gasteiger partial charge in [-0.25, -0.2) is 0 Å². The van der Waals surface area contributed by atoms with Gasteiger partial charge in [-0.3, -0.25) is 19.7 Å². The normalized spacial score (nSPS) is 24.5. The summed E-state index contributed by atoms with van der Waals surface area (Å²) >= 11 is 0. The molecule has 25 heavy (non-hydrogen) atoms. The standard InChI is InChI=1S/C17H30N4O4/c22-15(23)7-11-20-17(25)14-3-1-2-13(21-14)16(24)19-10-6-12-4-8-18-9-5-12/h12-14,18,21H,1-11H2,(H,19,24)(H,20,25)(H,22,23). The van der Waals surface area contributed by atoms with Gasteiger partial charge in [0.1, 0.15) is 0 Å². The Morgan fingerprint density at radius 1 is 0.920 bits per heavy atom. The fraction of sp³-hybridized carbons (Fsp3) is 0.824. The highest BCUT2D eigenvalue weighted by Gasteiger charge is 2.30. The first-order chi connectivity index (χ1) is 12.1. The highest BCUT2D eigenvalue weighted by molar-refractivity contribution is 5.86. The molecule has 2 atom stereocenters. The van der Waals surface area contributed by atoms with Crippen LogP contribution in [0, 0.1) is 5.92 Å². The third-order valence-electron chi connectivity index (χ3n) is 4.97. The van der Waals surface area contributed by atoms with Crippen LogP contribution in [-0.2, 0) is 14.4 Å². The molecule has 2 saturated heterocycles. The molecule has 2 fully saturated rings. The Morgan fingerprint density at radius 3 is 2.12 bits per heavy atom. The molecule has 5 N–H and O–H groups in total. The number of rotatable bonds is 8. The van der Waals surface area contributed by atoms with Crippen molar-refractivity contribution < 1.29 is 19.5 Å². The van der Waals surface area contributed by atoms with E-state index in [1.54, 1.807) is 0 Å². The van der Waals surface area contributed by atoms with Gasteiger partial charge in [-0.15, -0.1) is 0 Å². The van der Waals surface area contributed by atoms with Crippen LogP contribution in [0.2, 0.25) is 0 Å². The molecular formula is C17H30N4O4. The highest BCUT2D eigenvalue weighted by atomic mass is 16.4. The Labute approximate surface area is 148 Å². The molecule has 2 aliphatic rings. The van der Waals surface area contributed by atoms with Gasteiger partial charge in [0.05, 0.1) is 18.5 Å². The van der Waals surface area contributed by atoms with Crippen LogP contribution in [0.15, 0.2) is 0 Å². The fourth-order valence-corrected chi connectivity index (χ4v) is 3.46. The minimum absolute atomic E-state index is 0.0445. The van der Waals surface area contributed by atoms with Gasteiger partial charge in [-0.05, 0) is 57.5 Å². The van der Waals surface area contributed by atoms with E-state index >= 15 is 0 Å². The topological polar surface area (TPSA) is 120 Å². The Kier molecular flexibility index (Phi) is 8.14. The third-order valence-corrected chi connectivity index (χ3v) is 4.97. The number of carbonyl (C=O) groups is 3. The van der Waals surface area contributed by atoms with E-state index < -0.39 is 12.0 Å². The molecule has 0 saturated carbocycles. The first-order valence-corrected chi connectivity index (χ1v) is 9.30. The zero-order chi connectivity index (χ0) is 18.1. The summed E-state index contributed by atoms with van der Waals surface area (Å²) in [4.78, 5) is 34.9. The minimum atomic E-state index is -0.942. The third kappa shape index (κ3) is 6.99. The molecular weight excluding hydrogens is 324 g/mol. The van der Waals surface area contributed by atoms with E-state index in [0.29, 0.717) is 18.9 Å². The highest BCUT2D eigenvalue weighted by Crippen LogP contribution is 2.16. The van der Waals surface area contributed by atoms with E-state index in [9.17, 15) is 14.4 Å². The van der Waals surface area contributed by atoms with Crippen LogP contribution in [0.5, 0.6) is 0 Å². The predicted molar refractivity (Wildman–Crippen MR) is 93.0 cm³/mol. The van der Waals surface area contributed by atoms with Gasteiger partial charge in [-0.1, -0.05) is 0 Å². The first-order valence-electron chi connectivity index (χ1n) is 9.30. The van der Waals surface area contributed by atoms with Gasteiger partial charge < -0.3 is 21.1 Å². The molecule has 0 radical (unpaired) electrons. The lowest BCUT2D eigenvalue weighted by molar-refractivity contribution is -0.137. The van der Waals surface area contributed by atoms with Gasteiger partial charge in [0.25, 0.3) is 0 Å². The summed E-state index contributed by atoms with van der Waals surface area (Å²) in [7, 11) is 0. The van der Waals surface area contributed by atoms with Crippen LogP contribution in [0.4, 0.5) is 0 Å². The summed E-state index contributed by atoms with van der Waals surface area (Å²) in [6, 6.07) is -0.778. The molecule has 2 amide bonds. The molecule has 0 aromatic carbocycles. The number of amides is 2. The van der Waals surface area contributed by atoms with E-state index in [-0.39, 0.29) is 30.8 Å². The lowest BCUT2D eigenvalue weighted by Gasteiger charge is -2.29. The van der Waals surface area contributed by atoms with Crippen molar-refractivity contribution in [2.45, 2.75) is 57.0 Å². The average Bonchev–Trinajstić information content (AvgIpc) is 2.62. The molecule has 2 aliphatic heterocycles. The number of carboxylic acid groups (broad SMARTS) is 1. The van der Waals surface area contributed by atoms with Gasteiger partial charge in [0.15, 0.2) is 0 Å². The second-order valence-corrected chi connectivity index (χ2v) is 6.91. The molecule has 2 unspecified atom stereocenters. The Morgan fingerprint density at radius 2 is 1.52 bits per heavy atom. The summed E-state index contributed by atoms with van der Waals surface area (Å²) in [6.07, 6.45) is 5.41.